The van der Waals surface area contributed by atoms with Gasteiger partial charge in [-0.25, -0.2) is 4.79 Å². The van der Waals surface area contributed by atoms with E-state index in [-0.39, 0.29) is 17.8 Å². The van der Waals surface area contributed by atoms with Gasteiger partial charge in [-0.15, -0.1) is 0 Å². The van der Waals surface area contributed by atoms with Crippen molar-refractivity contribution in [2.45, 2.75) is 25.8 Å². The molecule has 2 amide bonds. The van der Waals surface area contributed by atoms with E-state index in [9.17, 15) is 14.9 Å². The van der Waals surface area contributed by atoms with E-state index >= 15 is 0 Å². The molecule has 0 saturated carbocycles. The SMILES string of the molecule is CC1CCCN(C(=O)Nc2cccc([N+](=O)[O-])c2)C1CN. The maximum atomic E-state index is 12.4. The molecule has 3 N–H and O–H groups in total. The Morgan fingerprint density at radius 1 is 1.57 bits per heavy atom. The van der Waals surface area contributed by atoms with Crippen LogP contribution in [0.5, 0.6) is 0 Å². The normalized spacial score (nSPS) is 21.9. The topological polar surface area (TPSA) is 102 Å². The van der Waals surface area contributed by atoms with Crippen LogP contribution in [0.4, 0.5) is 16.2 Å². The highest BCUT2D eigenvalue weighted by atomic mass is 16.6. The van der Waals surface area contributed by atoms with Crippen LogP contribution in [0.3, 0.4) is 0 Å². The van der Waals surface area contributed by atoms with Crippen LogP contribution >= 0.6 is 0 Å². The molecule has 21 heavy (non-hydrogen) atoms. The van der Waals surface area contributed by atoms with E-state index in [4.69, 9.17) is 5.73 Å². The first kappa shape index (κ1) is 15.2. The second-order valence-corrected chi connectivity index (χ2v) is 5.35. The molecule has 0 radical (unpaired) electrons. The number of non-ortho nitro benzene ring substituents is 1. The average Bonchev–Trinajstić information content (AvgIpc) is 2.47. The lowest BCUT2D eigenvalue weighted by Crippen LogP contribution is -2.52. The Morgan fingerprint density at radius 3 is 3.00 bits per heavy atom. The Labute approximate surface area is 123 Å². The Morgan fingerprint density at radius 2 is 2.33 bits per heavy atom. The Kier molecular flexibility index (Phi) is 4.74. The number of nitro benzene ring substituents is 1. The maximum absolute atomic E-state index is 12.4. The minimum Gasteiger partial charge on any atom is -0.328 e. The molecule has 1 heterocycles. The number of benzene rings is 1. The van der Waals surface area contributed by atoms with Crippen LogP contribution in [0.25, 0.3) is 0 Å². The van der Waals surface area contributed by atoms with Gasteiger partial charge in [0.2, 0.25) is 0 Å². The second kappa shape index (κ2) is 6.53. The third-order valence-electron chi connectivity index (χ3n) is 3.93. The molecule has 2 unspecified atom stereocenters. The van der Waals surface area contributed by atoms with Gasteiger partial charge in [0.1, 0.15) is 0 Å². The largest absolute Gasteiger partial charge is 0.328 e. The van der Waals surface area contributed by atoms with Crippen molar-refractivity contribution in [3.63, 3.8) is 0 Å². The highest BCUT2D eigenvalue weighted by Gasteiger charge is 2.30. The number of carbonyl (C=O) groups is 1. The zero-order valence-corrected chi connectivity index (χ0v) is 12.0. The molecule has 0 aliphatic carbocycles. The fourth-order valence-corrected chi connectivity index (χ4v) is 2.75. The molecule has 114 valence electrons. The number of nitrogens with one attached hydrogen (secondary N) is 1. The van der Waals surface area contributed by atoms with E-state index < -0.39 is 4.92 Å². The summed E-state index contributed by atoms with van der Waals surface area (Å²) >= 11 is 0. The zero-order chi connectivity index (χ0) is 15.4. The summed E-state index contributed by atoms with van der Waals surface area (Å²) < 4.78 is 0. The van der Waals surface area contributed by atoms with Crippen molar-refractivity contribution in [3.8, 4) is 0 Å². The number of piperidine rings is 1. The molecule has 0 aromatic heterocycles. The van der Waals surface area contributed by atoms with Crippen LogP contribution in [0.15, 0.2) is 24.3 Å². The number of nitrogens with zero attached hydrogens (tertiary/aromatic N) is 2. The Bertz CT molecular complexity index is 535. The number of amides is 2. The van der Waals surface area contributed by atoms with Gasteiger partial charge in [-0.3, -0.25) is 10.1 Å². The molecule has 7 heteroatoms. The molecule has 1 aliphatic rings. The zero-order valence-electron chi connectivity index (χ0n) is 12.0. The third-order valence-corrected chi connectivity index (χ3v) is 3.93. The standard InChI is InChI=1S/C14H20N4O3/c1-10-4-3-7-17(13(10)9-15)14(19)16-11-5-2-6-12(8-11)18(20)21/h2,5-6,8,10,13H,3-4,7,9,15H2,1H3,(H,16,19). The predicted molar refractivity (Wildman–Crippen MR) is 80.1 cm³/mol. The smallest absolute Gasteiger partial charge is 0.322 e. The molecule has 1 aromatic carbocycles. The van der Waals surface area contributed by atoms with Gasteiger partial charge in [-0.2, -0.15) is 0 Å². The number of nitro groups is 1. The fourth-order valence-electron chi connectivity index (χ4n) is 2.75. The van der Waals surface area contributed by atoms with Crippen LogP contribution in [0.1, 0.15) is 19.8 Å². The molecular formula is C14H20N4O3. The van der Waals surface area contributed by atoms with Gasteiger partial charge >= 0.3 is 6.03 Å². The molecule has 1 aliphatic heterocycles. The van der Waals surface area contributed by atoms with Gasteiger partial charge < -0.3 is 16.0 Å². The lowest BCUT2D eigenvalue weighted by molar-refractivity contribution is -0.384. The molecule has 2 atom stereocenters. The quantitative estimate of drug-likeness (QED) is 0.658. The summed E-state index contributed by atoms with van der Waals surface area (Å²) in [5.74, 6) is 0.361. The summed E-state index contributed by atoms with van der Waals surface area (Å²) in [6, 6.07) is 5.68. The number of hydrogen-bond acceptors (Lipinski definition) is 4. The predicted octanol–water partition coefficient (Wildman–Crippen LogP) is 2.19. The Balaban J connectivity index is 2.10. The number of likely N-dealkylation sites (tertiary alicyclic amines) is 1. The molecule has 1 saturated heterocycles. The second-order valence-electron chi connectivity index (χ2n) is 5.35. The van der Waals surface area contributed by atoms with Crippen LogP contribution in [-0.4, -0.2) is 35.0 Å². The van der Waals surface area contributed by atoms with E-state index in [0.717, 1.165) is 12.8 Å². The highest BCUT2D eigenvalue weighted by Crippen LogP contribution is 2.24. The van der Waals surface area contributed by atoms with Crippen molar-refractivity contribution in [2.75, 3.05) is 18.4 Å². The average molecular weight is 292 g/mol. The summed E-state index contributed by atoms with van der Waals surface area (Å²) in [5, 5.41) is 13.5. The lowest BCUT2D eigenvalue weighted by Gasteiger charge is -2.39. The number of nitrogens with two attached hydrogens (primary N) is 1. The summed E-state index contributed by atoms with van der Waals surface area (Å²) in [6.45, 7) is 3.17. The van der Waals surface area contributed by atoms with Crippen molar-refractivity contribution < 1.29 is 9.72 Å². The van der Waals surface area contributed by atoms with E-state index in [2.05, 4.69) is 12.2 Å². The Hall–Kier alpha value is -2.15. The van der Waals surface area contributed by atoms with Gasteiger partial charge in [0.25, 0.3) is 5.69 Å². The van der Waals surface area contributed by atoms with Gasteiger partial charge in [-0.05, 0) is 24.8 Å². The van der Waals surface area contributed by atoms with Crippen molar-refractivity contribution in [1.82, 2.24) is 4.90 Å². The first-order valence-electron chi connectivity index (χ1n) is 7.05. The van der Waals surface area contributed by atoms with Crippen molar-refractivity contribution in [1.29, 1.82) is 0 Å². The minimum absolute atomic E-state index is 0.0115. The van der Waals surface area contributed by atoms with E-state index in [1.807, 2.05) is 0 Å². The van der Waals surface area contributed by atoms with Crippen LogP contribution in [0.2, 0.25) is 0 Å². The van der Waals surface area contributed by atoms with Gasteiger partial charge in [0, 0.05) is 37.0 Å². The van der Waals surface area contributed by atoms with Crippen LogP contribution in [0, 0.1) is 16.0 Å². The van der Waals surface area contributed by atoms with Gasteiger partial charge in [0.05, 0.1) is 4.92 Å². The van der Waals surface area contributed by atoms with Crippen LogP contribution < -0.4 is 11.1 Å². The van der Waals surface area contributed by atoms with Crippen molar-refractivity contribution in [2.24, 2.45) is 11.7 Å². The van der Waals surface area contributed by atoms with Crippen LogP contribution in [-0.2, 0) is 0 Å². The van der Waals surface area contributed by atoms with Gasteiger partial charge in [-0.1, -0.05) is 13.0 Å². The third kappa shape index (κ3) is 3.49. The first-order chi connectivity index (χ1) is 10.0. The first-order valence-corrected chi connectivity index (χ1v) is 7.05. The molecule has 2 rings (SSSR count). The monoisotopic (exact) mass is 292 g/mol. The summed E-state index contributed by atoms with van der Waals surface area (Å²) in [4.78, 5) is 24.3. The molecule has 7 nitrogen and oxygen atoms in total. The van der Waals surface area contributed by atoms with Crippen molar-refractivity contribution in [3.05, 3.63) is 34.4 Å². The number of urea groups is 1. The molecule has 1 aromatic rings. The van der Waals surface area contributed by atoms with Gasteiger partial charge in [0.15, 0.2) is 0 Å². The molecular weight excluding hydrogens is 272 g/mol. The number of anilines is 1. The maximum Gasteiger partial charge on any atom is 0.322 e. The van der Waals surface area contributed by atoms with E-state index in [0.29, 0.717) is 24.7 Å². The highest BCUT2D eigenvalue weighted by molar-refractivity contribution is 5.90. The molecule has 1 fully saturated rings. The van der Waals surface area contributed by atoms with E-state index in [1.165, 1.54) is 12.1 Å². The minimum atomic E-state index is -0.485. The van der Waals surface area contributed by atoms with E-state index in [1.54, 1.807) is 17.0 Å². The summed E-state index contributed by atoms with van der Waals surface area (Å²) in [5.41, 5.74) is 6.14. The number of rotatable bonds is 3. The number of hydrogen-bond donors (Lipinski definition) is 2. The molecule has 0 bridgehead atoms. The summed E-state index contributed by atoms with van der Waals surface area (Å²) in [7, 11) is 0. The van der Waals surface area contributed by atoms with Crippen molar-refractivity contribution >= 4 is 17.4 Å². The fraction of sp³-hybridized carbons (Fsp3) is 0.500. The number of carbonyl (C=O) groups excluding carboxylic acids is 1. The summed E-state index contributed by atoms with van der Waals surface area (Å²) in [6.07, 6.45) is 2.00. The molecule has 0 spiro atoms. The lowest BCUT2D eigenvalue weighted by atomic mass is 9.91.